The van der Waals surface area contributed by atoms with E-state index in [1.807, 2.05) is 24.3 Å². The molecular weight excluding hydrogens is 224 g/mol. The molecule has 18 heavy (non-hydrogen) atoms. The monoisotopic (exact) mass is 244 g/mol. The Morgan fingerprint density at radius 3 is 2.61 bits per heavy atom. The molecule has 0 aromatic heterocycles. The molecule has 2 rings (SSSR count). The summed E-state index contributed by atoms with van der Waals surface area (Å²) in [7, 11) is 0. The number of nitriles is 1. The van der Waals surface area contributed by atoms with Gasteiger partial charge in [-0.05, 0) is 36.5 Å². The summed E-state index contributed by atoms with van der Waals surface area (Å²) in [6.45, 7) is 1.68. The highest BCUT2D eigenvalue weighted by Crippen LogP contribution is 2.23. The van der Waals surface area contributed by atoms with Gasteiger partial charge in [0.1, 0.15) is 0 Å². The zero-order chi connectivity index (χ0) is 12.8. The summed E-state index contributed by atoms with van der Waals surface area (Å²) >= 11 is 0. The molecule has 3 heteroatoms. The van der Waals surface area contributed by atoms with Crippen LogP contribution in [0.25, 0.3) is 0 Å². The van der Waals surface area contributed by atoms with E-state index in [9.17, 15) is 5.11 Å². The van der Waals surface area contributed by atoms with E-state index in [0.29, 0.717) is 11.5 Å². The second-order valence-electron chi connectivity index (χ2n) is 5.05. The fourth-order valence-corrected chi connectivity index (χ4v) is 2.53. The van der Waals surface area contributed by atoms with E-state index in [4.69, 9.17) is 5.26 Å². The number of nitrogens with one attached hydrogen (secondary N) is 1. The number of nitrogens with zero attached hydrogens (tertiary/aromatic N) is 1. The Balaban J connectivity index is 1.75. The van der Waals surface area contributed by atoms with Crippen LogP contribution >= 0.6 is 0 Å². The van der Waals surface area contributed by atoms with Crippen LogP contribution in [0.1, 0.15) is 36.8 Å². The molecule has 1 saturated carbocycles. The van der Waals surface area contributed by atoms with Crippen LogP contribution in [0.5, 0.6) is 0 Å². The van der Waals surface area contributed by atoms with Crippen molar-refractivity contribution in [1.82, 2.24) is 5.32 Å². The van der Waals surface area contributed by atoms with Crippen molar-refractivity contribution in [2.24, 2.45) is 5.92 Å². The maximum Gasteiger partial charge on any atom is 0.0991 e. The van der Waals surface area contributed by atoms with Gasteiger partial charge in [0.2, 0.25) is 0 Å². The maximum absolute atomic E-state index is 9.86. The lowest BCUT2D eigenvalue weighted by molar-refractivity contribution is 0.0695. The Morgan fingerprint density at radius 1 is 1.22 bits per heavy atom. The van der Waals surface area contributed by atoms with Crippen molar-refractivity contribution in [3.8, 4) is 6.07 Å². The zero-order valence-corrected chi connectivity index (χ0v) is 10.6. The van der Waals surface area contributed by atoms with Gasteiger partial charge in [0, 0.05) is 13.1 Å². The van der Waals surface area contributed by atoms with Crippen LogP contribution in [-0.4, -0.2) is 17.8 Å². The molecule has 1 aromatic rings. The van der Waals surface area contributed by atoms with Gasteiger partial charge in [0.15, 0.2) is 0 Å². The van der Waals surface area contributed by atoms with Crippen LogP contribution in [0.3, 0.4) is 0 Å². The highest BCUT2D eigenvalue weighted by Gasteiger charge is 2.22. The highest BCUT2D eigenvalue weighted by atomic mass is 16.3. The third-order valence-corrected chi connectivity index (χ3v) is 3.69. The van der Waals surface area contributed by atoms with E-state index >= 15 is 0 Å². The van der Waals surface area contributed by atoms with Gasteiger partial charge < -0.3 is 10.4 Å². The highest BCUT2D eigenvalue weighted by molar-refractivity contribution is 5.31. The molecular formula is C15H20N2O. The van der Waals surface area contributed by atoms with E-state index in [1.165, 1.54) is 12.0 Å². The molecule has 0 bridgehead atoms. The van der Waals surface area contributed by atoms with Crippen molar-refractivity contribution in [1.29, 1.82) is 5.26 Å². The molecule has 0 spiro atoms. The topological polar surface area (TPSA) is 56.0 Å². The summed E-state index contributed by atoms with van der Waals surface area (Å²) in [6.07, 6.45) is 4.34. The molecule has 1 fully saturated rings. The van der Waals surface area contributed by atoms with Crippen molar-refractivity contribution in [3.63, 3.8) is 0 Å². The smallest absolute Gasteiger partial charge is 0.0991 e. The van der Waals surface area contributed by atoms with Crippen molar-refractivity contribution in [2.45, 2.75) is 38.3 Å². The number of hydrogen-bond donors (Lipinski definition) is 2. The summed E-state index contributed by atoms with van der Waals surface area (Å²) in [5.74, 6) is 0.400. The van der Waals surface area contributed by atoms with Gasteiger partial charge in [-0.3, -0.25) is 0 Å². The quantitative estimate of drug-likeness (QED) is 0.853. The summed E-state index contributed by atoms with van der Waals surface area (Å²) in [4.78, 5) is 0. The molecule has 1 aliphatic rings. The third kappa shape index (κ3) is 3.56. The SMILES string of the molecule is N#Cc1ccc(CNCC2CCCCC2O)cc1. The second kappa shape index (κ2) is 6.53. The van der Waals surface area contributed by atoms with Gasteiger partial charge in [0.05, 0.1) is 17.7 Å². The molecule has 1 aromatic carbocycles. The predicted octanol–water partition coefficient (Wildman–Crippen LogP) is 2.20. The van der Waals surface area contributed by atoms with Crippen molar-refractivity contribution in [3.05, 3.63) is 35.4 Å². The van der Waals surface area contributed by atoms with Crippen LogP contribution in [0.4, 0.5) is 0 Å². The van der Waals surface area contributed by atoms with Crippen molar-refractivity contribution >= 4 is 0 Å². The number of rotatable bonds is 4. The van der Waals surface area contributed by atoms with Crippen molar-refractivity contribution < 1.29 is 5.11 Å². The first-order valence-electron chi connectivity index (χ1n) is 6.67. The number of benzene rings is 1. The normalized spacial score (nSPS) is 23.6. The van der Waals surface area contributed by atoms with E-state index < -0.39 is 0 Å². The number of aliphatic hydroxyl groups excluding tert-OH is 1. The predicted molar refractivity (Wildman–Crippen MR) is 70.8 cm³/mol. The van der Waals surface area contributed by atoms with E-state index in [0.717, 1.165) is 32.4 Å². The lowest BCUT2D eigenvalue weighted by Crippen LogP contribution is -2.33. The molecule has 0 amide bonds. The first-order valence-corrected chi connectivity index (χ1v) is 6.67. The molecule has 0 aliphatic heterocycles. The van der Waals surface area contributed by atoms with Gasteiger partial charge >= 0.3 is 0 Å². The minimum absolute atomic E-state index is 0.132. The van der Waals surface area contributed by atoms with Crippen LogP contribution in [-0.2, 0) is 6.54 Å². The molecule has 2 atom stereocenters. The fourth-order valence-electron chi connectivity index (χ4n) is 2.53. The van der Waals surface area contributed by atoms with Crippen molar-refractivity contribution in [2.75, 3.05) is 6.54 Å². The second-order valence-corrected chi connectivity index (χ2v) is 5.05. The van der Waals surface area contributed by atoms with Gasteiger partial charge in [-0.15, -0.1) is 0 Å². The minimum Gasteiger partial charge on any atom is -0.393 e. The van der Waals surface area contributed by atoms with Crippen LogP contribution in [0, 0.1) is 17.2 Å². The average Bonchev–Trinajstić information content (AvgIpc) is 2.42. The van der Waals surface area contributed by atoms with Gasteiger partial charge in [0.25, 0.3) is 0 Å². The van der Waals surface area contributed by atoms with E-state index in [-0.39, 0.29) is 6.10 Å². The molecule has 0 heterocycles. The van der Waals surface area contributed by atoms with Crippen LogP contribution in [0.2, 0.25) is 0 Å². The maximum atomic E-state index is 9.86. The average molecular weight is 244 g/mol. The van der Waals surface area contributed by atoms with E-state index in [2.05, 4.69) is 11.4 Å². The molecule has 3 nitrogen and oxygen atoms in total. The molecule has 0 saturated heterocycles. The summed E-state index contributed by atoms with van der Waals surface area (Å²) in [5, 5.41) is 22.0. The number of aliphatic hydroxyl groups is 1. The minimum atomic E-state index is -0.132. The lowest BCUT2D eigenvalue weighted by Gasteiger charge is -2.27. The first kappa shape index (κ1) is 13.1. The van der Waals surface area contributed by atoms with E-state index in [1.54, 1.807) is 0 Å². The first-order chi connectivity index (χ1) is 8.79. The Hall–Kier alpha value is -1.37. The molecule has 96 valence electrons. The van der Waals surface area contributed by atoms with Crippen LogP contribution < -0.4 is 5.32 Å². The lowest BCUT2D eigenvalue weighted by atomic mass is 9.86. The largest absolute Gasteiger partial charge is 0.393 e. The Labute approximate surface area is 108 Å². The Kier molecular flexibility index (Phi) is 4.74. The fraction of sp³-hybridized carbons (Fsp3) is 0.533. The van der Waals surface area contributed by atoms with Crippen LogP contribution in [0.15, 0.2) is 24.3 Å². The van der Waals surface area contributed by atoms with Gasteiger partial charge in [-0.2, -0.15) is 5.26 Å². The number of hydrogen-bond acceptors (Lipinski definition) is 3. The summed E-state index contributed by atoms with van der Waals surface area (Å²) < 4.78 is 0. The molecule has 0 radical (unpaired) electrons. The van der Waals surface area contributed by atoms with Gasteiger partial charge in [-0.25, -0.2) is 0 Å². The third-order valence-electron chi connectivity index (χ3n) is 3.69. The molecule has 2 N–H and O–H groups in total. The summed E-state index contributed by atoms with van der Waals surface area (Å²) in [6, 6.07) is 9.74. The standard InChI is InChI=1S/C15H20N2O/c16-9-12-5-7-13(8-6-12)10-17-11-14-3-1-2-4-15(14)18/h5-8,14-15,17-18H,1-4,10-11H2. The molecule has 2 unspecified atom stereocenters. The Bertz CT molecular complexity index is 407. The summed E-state index contributed by atoms with van der Waals surface area (Å²) in [5.41, 5.74) is 1.88. The zero-order valence-electron chi connectivity index (χ0n) is 10.6. The molecule has 1 aliphatic carbocycles. The Morgan fingerprint density at radius 2 is 1.94 bits per heavy atom. The van der Waals surface area contributed by atoms with Gasteiger partial charge in [-0.1, -0.05) is 25.0 Å².